The number of allylic oxidation sites excluding steroid dienone is 1. The molecule has 8 atom stereocenters. The summed E-state index contributed by atoms with van der Waals surface area (Å²) in [7, 11) is 0. The minimum atomic E-state index is 0.401. The zero-order chi connectivity index (χ0) is 21.5. The van der Waals surface area contributed by atoms with E-state index in [1.165, 1.54) is 64.2 Å². The first kappa shape index (κ1) is 23.1. The molecule has 0 bridgehead atoms. The summed E-state index contributed by atoms with van der Waals surface area (Å²) in [5.74, 6) is 5.57. The number of hydrogen-bond acceptors (Lipinski definition) is 1. The van der Waals surface area contributed by atoms with Crippen molar-refractivity contribution in [3.05, 3.63) is 11.6 Å². The first-order chi connectivity index (χ1) is 14.3. The van der Waals surface area contributed by atoms with Gasteiger partial charge in [-0.1, -0.05) is 40.0 Å². The van der Waals surface area contributed by atoms with Gasteiger partial charge in [-0.2, -0.15) is 0 Å². The van der Waals surface area contributed by atoms with Crippen LogP contribution in [0.5, 0.6) is 0 Å². The third kappa shape index (κ3) is 4.03. The van der Waals surface area contributed by atoms with Crippen molar-refractivity contribution in [1.82, 2.24) is 0 Å². The van der Waals surface area contributed by atoms with Gasteiger partial charge < -0.3 is 0 Å². The molecule has 0 heterocycles. The first-order valence-corrected chi connectivity index (χ1v) is 14.1. The third-order valence-electron chi connectivity index (χ3n) is 10.5. The van der Waals surface area contributed by atoms with Crippen LogP contribution in [0.2, 0.25) is 0 Å². The van der Waals surface area contributed by atoms with Crippen molar-refractivity contribution in [2.75, 3.05) is 0 Å². The van der Waals surface area contributed by atoms with Crippen LogP contribution >= 0.6 is 0 Å². The molecule has 4 aliphatic carbocycles. The number of fused-ring (bicyclic) bond motifs is 5. The van der Waals surface area contributed by atoms with E-state index in [-0.39, 0.29) is 0 Å². The van der Waals surface area contributed by atoms with Crippen molar-refractivity contribution >= 4 is 20.7 Å². The van der Waals surface area contributed by atoms with Gasteiger partial charge in [-0.3, -0.25) is 0 Å². The van der Waals surface area contributed by atoms with Crippen molar-refractivity contribution in [2.24, 2.45) is 46.3 Å². The van der Waals surface area contributed by atoms with Crippen molar-refractivity contribution < 1.29 is 4.74 Å². The van der Waals surface area contributed by atoms with Gasteiger partial charge in [0.2, 0.25) is 0 Å². The fraction of sp³-hybridized carbons (Fsp3) is 0.893. The second-order valence-corrected chi connectivity index (χ2v) is 12.8. The van der Waals surface area contributed by atoms with Crippen LogP contribution in [-0.2, 0) is 4.74 Å². The summed E-state index contributed by atoms with van der Waals surface area (Å²) in [6, 6.07) is 0. The van der Waals surface area contributed by atoms with Gasteiger partial charge in [-0.25, -0.2) is 0 Å². The molecule has 0 N–H and O–H groups in total. The second kappa shape index (κ2) is 9.05. The number of hydrogen-bond donors (Lipinski definition) is 0. The van der Waals surface area contributed by atoms with Crippen LogP contribution in [0.4, 0.5) is 0 Å². The van der Waals surface area contributed by atoms with Crippen molar-refractivity contribution in [2.45, 2.75) is 111 Å². The Hall–Kier alpha value is -0.0705. The van der Waals surface area contributed by atoms with E-state index in [2.05, 4.69) is 56.3 Å². The molecule has 0 spiro atoms. The monoisotopic (exact) mass is 478 g/mol. The van der Waals surface area contributed by atoms with E-state index in [1.54, 1.807) is 10.7 Å². The normalized spacial score (nSPS) is 43.9. The molecule has 0 aromatic carbocycles. The predicted octanol–water partition coefficient (Wildman–Crippen LogP) is 7.34. The van der Waals surface area contributed by atoms with Crippen LogP contribution in [-0.4, -0.2) is 26.8 Å². The van der Waals surface area contributed by atoms with E-state index < -0.39 is 0 Å². The molecule has 0 aromatic heterocycles. The third-order valence-corrected chi connectivity index (χ3v) is 10.7. The average Bonchev–Trinajstić information content (AvgIpc) is 3.05. The van der Waals surface area contributed by atoms with Gasteiger partial charge in [0.1, 0.15) is 0 Å². The molecular weight excluding hydrogens is 431 g/mol. The Bertz CT molecular complexity index is 653. The van der Waals surface area contributed by atoms with Crippen molar-refractivity contribution in [3.63, 3.8) is 0 Å². The maximum atomic E-state index is 5.86. The summed E-state index contributed by atoms with van der Waals surface area (Å²) < 4.78 is 5.86. The minimum absolute atomic E-state index is 0.401. The van der Waals surface area contributed by atoms with Crippen LogP contribution < -0.4 is 0 Å². The average molecular weight is 478 g/mol. The standard InChI is InChI=1S/C28H46OSe/c1-19(2)7-6-8-20(3)24-11-12-25-23-10-9-21-17-22(29-18-30)13-15-27(21,4)26(23)14-16-28(24,25)5/h9,18-20,22-26H,6-8,10-17H2,1-5H3/t20-,22-,23-,24+,25-,26-,27-,28+/m0/s1. The van der Waals surface area contributed by atoms with Gasteiger partial charge in [-0.05, 0) is 5.92 Å². The summed E-state index contributed by atoms with van der Waals surface area (Å²) in [5, 5.41) is 1.78. The van der Waals surface area contributed by atoms with Gasteiger partial charge in [0.15, 0.2) is 0 Å². The maximum absolute atomic E-state index is 5.86. The van der Waals surface area contributed by atoms with Gasteiger partial charge in [-0.15, -0.1) is 0 Å². The summed E-state index contributed by atoms with van der Waals surface area (Å²) in [5.41, 5.74) is 2.79. The van der Waals surface area contributed by atoms with E-state index in [4.69, 9.17) is 4.74 Å². The molecule has 0 aliphatic heterocycles. The second-order valence-electron chi connectivity index (χ2n) is 12.4. The van der Waals surface area contributed by atoms with Gasteiger partial charge in [0, 0.05) is 0 Å². The van der Waals surface area contributed by atoms with Crippen LogP contribution in [0, 0.1) is 46.3 Å². The molecule has 0 amide bonds. The van der Waals surface area contributed by atoms with Gasteiger partial charge in [0.25, 0.3) is 0 Å². The molecule has 0 aromatic rings. The van der Waals surface area contributed by atoms with E-state index in [0.29, 0.717) is 16.9 Å². The molecule has 2 heteroatoms. The molecule has 1 nitrogen and oxygen atoms in total. The topological polar surface area (TPSA) is 9.23 Å². The van der Waals surface area contributed by atoms with Crippen LogP contribution in [0.1, 0.15) is 105 Å². The Balaban J connectivity index is 1.47. The SMILES string of the molecule is CC(C)CCC[C@H](C)[C@H]1CC[C@H]2[C@@H]3CC=C4C[C@@H](OC=[Se])CC[C@]4(C)[C@H]3CC[C@]12C. The molecule has 30 heavy (non-hydrogen) atoms. The molecule has 170 valence electrons. The molecule has 0 saturated heterocycles. The Morgan fingerprint density at radius 2 is 1.87 bits per heavy atom. The molecule has 4 aliphatic rings. The summed E-state index contributed by atoms with van der Waals surface area (Å²) in [6.07, 6.45) is 18.4. The molecular formula is C28H46OSe. The molecule has 0 radical (unpaired) electrons. The Morgan fingerprint density at radius 3 is 2.60 bits per heavy atom. The number of rotatable bonds is 7. The summed E-state index contributed by atoms with van der Waals surface area (Å²) in [4.78, 5) is 0. The van der Waals surface area contributed by atoms with E-state index >= 15 is 0 Å². The zero-order valence-corrected chi connectivity index (χ0v) is 22.0. The molecule has 0 unspecified atom stereocenters. The Morgan fingerprint density at radius 1 is 1.07 bits per heavy atom. The predicted molar refractivity (Wildman–Crippen MR) is 130 cm³/mol. The fourth-order valence-corrected chi connectivity index (χ4v) is 9.18. The van der Waals surface area contributed by atoms with Crippen LogP contribution in [0.15, 0.2) is 11.6 Å². The van der Waals surface area contributed by atoms with Crippen molar-refractivity contribution in [1.29, 1.82) is 0 Å². The van der Waals surface area contributed by atoms with E-state index in [0.717, 1.165) is 41.9 Å². The van der Waals surface area contributed by atoms with Gasteiger partial charge in [0.05, 0.1) is 0 Å². The van der Waals surface area contributed by atoms with E-state index in [9.17, 15) is 0 Å². The van der Waals surface area contributed by atoms with Crippen molar-refractivity contribution in [3.8, 4) is 0 Å². The Labute approximate surface area is 194 Å². The van der Waals surface area contributed by atoms with Crippen LogP contribution in [0.3, 0.4) is 0 Å². The fourth-order valence-electron chi connectivity index (χ4n) is 8.85. The number of ether oxygens (including phenoxy) is 1. The first-order valence-electron chi connectivity index (χ1n) is 13.1. The Kier molecular flexibility index (Phi) is 6.97. The summed E-state index contributed by atoms with van der Waals surface area (Å²) in [6.45, 7) is 12.7. The molecule has 3 saturated carbocycles. The molecule has 4 rings (SSSR count). The van der Waals surface area contributed by atoms with E-state index in [1.807, 2.05) is 0 Å². The van der Waals surface area contributed by atoms with Crippen LogP contribution in [0.25, 0.3) is 0 Å². The van der Waals surface area contributed by atoms with Gasteiger partial charge >= 0.3 is 149 Å². The molecule has 3 fully saturated rings. The zero-order valence-electron chi connectivity index (χ0n) is 20.3. The summed E-state index contributed by atoms with van der Waals surface area (Å²) >= 11 is 2.91. The quantitative estimate of drug-likeness (QED) is 0.275.